The lowest BCUT2D eigenvalue weighted by molar-refractivity contribution is 0.0890. The summed E-state index contributed by atoms with van der Waals surface area (Å²) in [4.78, 5) is 4.95. The molecule has 0 radical (unpaired) electrons. The zero-order valence-corrected chi connectivity index (χ0v) is 9.49. The molecule has 0 aromatic rings. The van der Waals surface area contributed by atoms with Gasteiger partial charge in [0.05, 0.1) is 12.6 Å². The lowest BCUT2D eigenvalue weighted by Gasteiger charge is -2.40. The quantitative estimate of drug-likeness (QED) is 0.642. The van der Waals surface area contributed by atoms with E-state index < -0.39 is 0 Å². The summed E-state index contributed by atoms with van der Waals surface area (Å²) in [6.45, 7) is 5.42. The molecule has 0 aliphatic carbocycles. The number of hydrogen-bond acceptors (Lipinski definition) is 3. The summed E-state index contributed by atoms with van der Waals surface area (Å²) in [7, 11) is 0. The predicted octanol–water partition coefficient (Wildman–Crippen LogP) is 1.46. The van der Waals surface area contributed by atoms with Gasteiger partial charge in [-0.2, -0.15) is 5.26 Å². The second kappa shape index (κ2) is 5.48. The Labute approximate surface area is 92.7 Å². The van der Waals surface area contributed by atoms with Crippen LogP contribution in [0.15, 0.2) is 0 Å². The van der Waals surface area contributed by atoms with Gasteiger partial charge in [-0.25, -0.2) is 0 Å². The van der Waals surface area contributed by atoms with Crippen LogP contribution < -0.4 is 0 Å². The van der Waals surface area contributed by atoms with Crippen LogP contribution in [0.4, 0.5) is 0 Å². The van der Waals surface area contributed by atoms with Gasteiger partial charge >= 0.3 is 0 Å². The molecule has 84 valence electrons. The molecule has 0 saturated carbocycles. The van der Waals surface area contributed by atoms with Gasteiger partial charge < -0.3 is 0 Å². The first-order valence-corrected chi connectivity index (χ1v) is 6.23. The summed E-state index contributed by atoms with van der Waals surface area (Å²) >= 11 is 0. The molecule has 0 spiro atoms. The van der Waals surface area contributed by atoms with E-state index in [2.05, 4.69) is 15.9 Å². The molecular formula is C12H21N3. The van der Waals surface area contributed by atoms with Gasteiger partial charge in [0.25, 0.3) is 0 Å². The highest BCUT2D eigenvalue weighted by Gasteiger charge is 2.25. The monoisotopic (exact) mass is 207 g/mol. The molecule has 1 atom stereocenters. The number of piperidine rings is 2. The van der Waals surface area contributed by atoms with Crippen LogP contribution in [0, 0.1) is 11.3 Å². The number of rotatable bonds is 2. The summed E-state index contributed by atoms with van der Waals surface area (Å²) in [6, 6.07) is 3.00. The second-order valence-corrected chi connectivity index (χ2v) is 4.79. The maximum atomic E-state index is 8.71. The lowest BCUT2D eigenvalue weighted by Crippen LogP contribution is -2.49. The first-order valence-electron chi connectivity index (χ1n) is 6.23. The molecule has 2 heterocycles. The van der Waals surface area contributed by atoms with E-state index in [-0.39, 0.29) is 0 Å². The van der Waals surface area contributed by atoms with Crippen LogP contribution in [-0.2, 0) is 0 Å². The summed E-state index contributed by atoms with van der Waals surface area (Å²) in [6.07, 6.45) is 6.75. The summed E-state index contributed by atoms with van der Waals surface area (Å²) in [5.74, 6) is 0. The zero-order valence-electron chi connectivity index (χ0n) is 9.49. The van der Waals surface area contributed by atoms with E-state index in [0.29, 0.717) is 6.54 Å². The van der Waals surface area contributed by atoms with Gasteiger partial charge in [-0.15, -0.1) is 0 Å². The minimum atomic E-state index is 0.615. The molecule has 2 rings (SSSR count). The van der Waals surface area contributed by atoms with Crippen molar-refractivity contribution in [3.63, 3.8) is 0 Å². The Morgan fingerprint density at radius 3 is 2.60 bits per heavy atom. The molecule has 2 saturated heterocycles. The second-order valence-electron chi connectivity index (χ2n) is 4.79. The van der Waals surface area contributed by atoms with Crippen LogP contribution in [0.5, 0.6) is 0 Å². The highest BCUT2D eigenvalue weighted by atomic mass is 15.2. The molecule has 15 heavy (non-hydrogen) atoms. The molecule has 2 fully saturated rings. The molecule has 0 N–H and O–H groups in total. The number of nitriles is 1. The van der Waals surface area contributed by atoms with Crippen LogP contribution in [0.2, 0.25) is 0 Å². The van der Waals surface area contributed by atoms with Crippen molar-refractivity contribution < 1.29 is 0 Å². The third-order valence-electron chi connectivity index (χ3n) is 3.68. The van der Waals surface area contributed by atoms with Crippen LogP contribution in [0.1, 0.15) is 32.1 Å². The van der Waals surface area contributed by atoms with Crippen molar-refractivity contribution >= 4 is 0 Å². The molecule has 3 heteroatoms. The average Bonchev–Trinajstić information content (AvgIpc) is 2.31. The zero-order chi connectivity index (χ0) is 10.5. The fraction of sp³-hybridized carbons (Fsp3) is 0.917. The van der Waals surface area contributed by atoms with E-state index >= 15 is 0 Å². The van der Waals surface area contributed by atoms with Gasteiger partial charge in [0.15, 0.2) is 0 Å². The van der Waals surface area contributed by atoms with Crippen LogP contribution in [0.25, 0.3) is 0 Å². The SMILES string of the molecule is N#CCN1CCC[C@H](N2CCCCC2)C1. The van der Waals surface area contributed by atoms with Gasteiger partial charge in [-0.05, 0) is 45.3 Å². The molecule has 0 amide bonds. The summed E-state index contributed by atoms with van der Waals surface area (Å²) in [5.41, 5.74) is 0. The number of hydrogen-bond donors (Lipinski definition) is 0. The van der Waals surface area contributed by atoms with Crippen LogP contribution in [-0.4, -0.2) is 48.6 Å². The molecule has 0 aromatic heterocycles. The van der Waals surface area contributed by atoms with Crippen molar-refractivity contribution in [2.24, 2.45) is 0 Å². The average molecular weight is 207 g/mol. The molecule has 2 aliphatic heterocycles. The molecule has 0 aromatic carbocycles. The van der Waals surface area contributed by atoms with Crippen molar-refractivity contribution in [3.8, 4) is 6.07 Å². The lowest BCUT2D eigenvalue weighted by atomic mass is 10.0. The topological polar surface area (TPSA) is 30.3 Å². The van der Waals surface area contributed by atoms with E-state index in [1.165, 1.54) is 45.2 Å². The van der Waals surface area contributed by atoms with Crippen LogP contribution >= 0.6 is 0 Å². The first-order chi connectivity index (χ1) is 7.40. The minimum absolute atomic E-state index is 0.615. The standard InChI is InChI=1S/C12H21N3/c13-6-10-14-7-4-5-12(11-14)15-8-2-1-3-9-15/h12H,1-5,7-11H2/t12-/m0/s1. The predicted molar refractivity (Wildman–Crippen MR) is 60.5 cm³/mol. The van der Waals surface area contributed by atoms with E-state index in [9.17, 15) is 0 Å². The number of likely N-dealkylation sites (tertiary alicyclic amines) is 2. The third-order valence-corrected chi connectivity index (χ3v) is 3.68. The Bertz CT molecular complexity index is 228. The van der Waals surface area contributed by atoms with E-state index in [0.717, 1.165) is 19.1 Å². The smallest absolute Gasteiger partial charge is 0.0866 e. The summed E-state index contributed by atoms with van der Waals surface area (Å²) in [5, 5.41) is 8.71. The van der Waals surface area contributed by atoms with Crippen LogP contribution in [0.3, 0.4) is 0 Å². The van der Waals surface area contributed by atoms with Crippen molar-refractivity contribution in [2.75, 3.05) is 32.7 Å². The highest BCUT2D eigenvalue weighted by Crippen LogP contribution is 2.19. The van der Waals surface area contributed by atoms with E-state index in [4.69, 9.17) is 5.26 Å². The Morgan fingerprint density at radius 1 is 1.07 bits per heavy atom. The number of nitrogens with zero attached hydrogens (tertiary/aromatic N) is 3. The van der Waals surface area contributed by atoms with Gasteiger partial charge in [0, 0.05) is 12.6 Å². The highest BCUT2D eigenvalue weighted by molar-refractivity contribution is 4.86. The summed E-state index contributed by atoms with van der Waals surface area (Å²) < 4.78 is 0. The normalized spacial score (nSPS) is 29.9. The Morgan fingerprint density at radius 2 is 1.87 bits per heavy atom. The van der Waals surface area contributed by atoms with Crippen molar-refractivity contribution in [1.82, 2.24) is 9.80 Å². The van der Waals surface area contributed by atoms with Crippen molar-refractivity contribution in [3.05, 3.63) is 0 Å². The Hall–Kier alpha value is -0.590. The third kappa shape index (κ3) is 2.93. The largest absolute Gasteiger partial charge is 0.299 e. The van der Waals surface area contributed by atoms with E-state index in [1.54, 1.807) is 0 Å². The maximum absolute atomic E-state index is 8.71. The molecule has 3 nitrogen and oxygen atoms in total. The molecule has 2 aliphatic rings. The van der Waals surface area contributed by atoms with E-state index in [1.807, 2.05) is 0 Å². The first kappa shape index (κ1) is 10.9. The maximum Gasteiger partial charge on any atom is 0.0866 e. The fourth-order valence-electron chi connectivity index (χ4n) is 2.86. The van der Waals surface area contributed by atoms with Gasteiger partial charge in [0.2, 0.25) is 0 Å². The fourth-order valence-corrected chi connectivity index (χ4v) is 2.86. The van der Waals surface area contributed by atoms with Crippen molar-refractivity contribution in [2.45, 2.75) is 38.1 Å². The molecule has 0 bridgehead atoms. The Balaban J connectivity index is 1.83. The molecule has 0 unspecified atom stereocenters. The Kier molecular flexibility index (Phi) is 3.99. The van der Waals surface area contributed by atoms with Gasteiger partial charge in [-0.3, -0.25) is 9.80 Å². The van der Waals surface area contributed by atoms with Crippen molar-refractivity contribution in [1.29, 1.82) is 5.26 Å². The van der Waals surface area contributed by atoms with Gasteiger partial charge in [0.1, 0.15) is 0 Å². The minimum Gasteiger partial charge on any atom is -0.299 e. The van der Waals surface area contributed by atoms with Gasteiger partial charge in [-0.1, -0.05) is 6.42 Å². The molecular weight excluding hydrogens is 186 g/mol.